The lowest BCUT2D eigenvalue weighted by atomic mass is 10.1. The number of carbonyl (C=O) groups excluding carboxylic acids is 1. The smallest absolute Gasteiger partial charge is 0.243 e. The number of nitrogens with one attached hydrogen (secondary N) is 1. The first-order valence-corrected chi connectivity index (χ1v) is 11.3. The molecule has 0 unspecified atom stereocenters. The van der Waals surface area contributed by atoms with Crippen LogP contribution >= 0.6 is 0 Å². The first-order chi connectivity index (χ1) is 13.4. The van der Waals surface area contributed by atoms with Crippen molar-refractivity contribution in [2.45, 2.75) is 51.5 Å². The summed E-state index contributed by atoms with van der Waals surface area (Å²) in [7, 11) is -3.45. The second-order valence-corrected chi connectivity index (χ2v) is 8.62. The molecular formula is C22H30N2O3S. The SMILES string of the molecule is CCc1ccc(CCC(=O)NCc2ccc(S(=O)(=O)N(CC)CC)cc2)cc1. The zero-order chi connectivity index (χ0) is 20.6. The van der Waals surface area contributed by atoms with E-state index in [2.05, 4.69) is 36.5 Å². The fraction of sp³-hybridized carbons (Fsp3) is 0.409. The summed E-state index contributed by atoms with van der Waals surface area (Å²) in [6.45, 7) is 7.04. The number of aryl methyl sites for hydroxylation is 2. The number of benzene rings is 2. The van der Waals surface area contributed by atoms with Crippen molar-refractivity contribution in [2.24, 2.45) is 0 Å². The summed E-state index contributed by atoms with van der Waals surface area (Å²) in [6.07, 6.45) is 2.15. The molecule has 0 bridgehead atoms. The average molecular weight is 403 g/mol. The Bertz CT molecular complexity index is 856. The van der Waals surface area contributed by atoms with Crippen molar-refractivity contribution < 1.29 is 13.2 Å². The van der Waals surface area contributed by atoms with Crippen molar-refractivity contribution in [1.29, 1.82) is 0 Å². The molecule has 0 aromatic heterocycles. The minimum atomic E-state index is -3.45. The van der Waals surface area contributed by atoms with Gasteiger partial charge in [-0.2, -0.15) is 4.31 Å². The van der Waals surface area contributed by atoms with E-state index in [0.717, 1.165) is 17.5 Å². The van der Waals surface area contributed by atoms with Crippen molar-refractivity contribution >= 4 is 15.9 Å². The molecule has 2 rings (SSSR count). The number of sulfonamides is 1. The van der Waals surface area contributed by atoms with Crippen molar-refractivity contribution in [3.8, 4) is 0 Å². The summed E-state index contributed by atoms with van der Waals surface area (Å²) in [4.78, 5) is 12.4. The second kappa shape index (κ2) is 10.4. The van der Waals surface area contributed by atoms with Crippen LogP contribution in [0.4, 0.5) is 0 Å². The highest BCUT2D eigenvalue weighted by molar-refractivity contribution is 7.89. The first kappa shape index (κ1) is 22.1. The summed E-state index contributed by atoms with van der Waals surface area (Å²) in [5, 5.41) is 2.90. The van der Waals surface area contributed by atoms with Crippen LogP contribution in [0.15, 0.2) is 53.4 Å². The van der Waals surface area contributed by atoms with Crippen LogP contribution in [0, 0.1) is 0 Å². The maximum absolute atomic E-state index is 12.5. The maximum atomic E-state index is 12.5. The van der Waals surface area contributed by atoms with Crippen LogP contribution in [0.25, 0.3) is 0 Å². The Morgan fingerprint density at radius 2 is 1.39 bits per heavy atom. The van der Waals surface area contributed by atoms with Crippen LogP contribution in [0.5, 0.6) is 0 Å². The summed E-state index contributed by atoms with van der Waals surface area (Å²) < 4.78 is 26.4. The van der Waals surface area contributed by atoms with Crippen LogP contribution in [-0.4, -0.2) is 31.7 Å². The molecule has 0 saturated heterocycles. The molecule has 1 amide bonds. The molecule has 0 radical (unpaired) electrons. The average Bonchev–Trinajstić information content (AvgIpc) is 2.72. The normalized spacial score (nSPS) is 11.6. The van der Waals surface area contributed by atoms with Gasteiger partial charge in [-0.1, -0.05) is 57.2 Å². The molecule has 0 aliphatic carbocycles. The van der Waals surface area contributed by atoms with E-state index in [1.165, 1.54) is 9.87 Å². The van der Waals surface area contributed by atoms with E-state index in [4.69, 9.17) is 0 Å². The van der Waals surface area contributed by atoms with Gasteiger partial charge in [0.25, 0.3) is 0 Å². The summed E-state index contributed by atoms with van der Waals surface area (Å²) in [5.74, 6) is -0.0144. The number of hydrogen-bond acceptors (Lipinski definition) is 3. The molecule has 0 heterocycles. The van der Waals surface area contributed by atoms with Gasteiger partial charge in [0.2, 0.25) is 15.9 Å². The molecule has 28 heavy (non-hydrogen) atoms. The number of nitrogens with zero attached hydrogens (tertiary/aromatic N) is 1. The van der Waals surface area contributed by atoms with Crippen molar-refractivity contribution in [2.75, 3.05) is 13.1 Å². The predicted octanol–water partition coefficient (Wildman–Crippen LogP) is 3.53. The fourth-order valence-corrected chi connectivity index (χ4v) is 4.44. The van der Waals surface area contributed by atoms with Crippen LogP contribution in [0.2, 0.25) is 0 Å². The van der Waals surface area contributed by atoms with Gasteiger partial charge in [-0.05, 0) is 41.7 Å². The largest absolute Gasteiger partial charge is 0.352 e. The topological polar surface area (TPSA) is 66.5 Å². The van der Waals surface area contributed by atoms with Gasteiger partial charge >= 0.3 is 0 Å². The highest BCUT2D eigenvalue weighted by Gasteiger charge is 2.21. The van der Waals surface area contributed by atoms with Gasteiger partial charge in [-0.15, -0.1) is 0 Å². The molecule has 0 aliphatic rings. The van der Waals surface area contributed by atoms with E-state index in [9.17, 15) is 13.2 Å². The molecular weight excluding hydrogens is 372 g/mol. The third-order valence-corrected chi connectivity index (χ3v) is 6.89. The van der Waals surface area contributed by atoms with Crippen LogP contribution in [-0.2, 0) is 34.2 Å². The van der Waals surface area contributed by atoms with Gasteiger partial charge < -0.3 is 5.32 Å². The van der Waals surface area contributed by atoms with Crippen molar-refractivity contribution in [3.05, 3.63) is 65.2 Å². The third-order valence-electron chi connectivity index (χ3n) is 4.83. The number of amides is 1. The molecule has 0 fully saturated rings. The molecule has 0 atom stereocenters. The predicted molar refractivity (Wildman–Crippen MR) is 113 cm³/mol. The Balaban J connectivity index is 1.86. The highest BCUT2D eigenvalue weighted by atomic mass is 32.2. The van der Waals surface area contributed by atoms with E-state index in [1.807, 2.05) is 13.8 Å². The van der Waals surface area contributed by atoms with Gasteiger partial charge in [0, 0.05) is 26.1 Å². The molecule has 152 valence electrons. The number of hydrogen-bond donors (Lipinski definition) is 1. The first-order valence-electron chi connectivity index (χ1n) is 9.84. The van der Waals surface area contributed by atoms with E-state index in [0.29, 0.717) is 32.5 Å². The molecule has 6 heteroatoms. The molecule has 2 aromatic rings. The Morgan fingerprint density at radius 1 is 0.857 bits per heavy atom. The molecule has 1 N–H and O–H groups in total. The minimum absolute atomic E-state index is 0.0144. The zero-order valence-corrected chi connectivity index (χ0v) is 17.8. The van der Waals surface area contributed by atoms with Gasteiger partial charge in [0.15, 0.2) is 0 Å². The lowest BCUT2D eigenvalue weighted by molar-refractivity contribution is -0.121. The van der Waals surface area contributed by atoms with Gasteiger partial charge in [-0.25, -0.2) is 8.42 Å². The standard InChI is InChI=1S/C22H30N2O3S/c1-4-18-7-9-19(10-8-18)13-16-22(25)23-17-20-11-14-21(15-12-20)28(26,27)24(5-2)6-3/h7-12,14-15H,4-6,13,16-17H2,1-3H3,(H,23,25). The minimum Gasteiger partial charge on any atom is -0.352 e. The summed E-state index contributed by atoms with van der Waals surface area (Å²) >= 11 is 0. The molecule has 0 saturated carbocycles. The Labute approximate surface area is 168 Å². The van der Waals surface area contributed by atoms with E-state index >= 15 is 0 Å². The lowest BCUT2D eigenvalue weighted by Gasteiger charge is -2.18. The fourth-order valence-electron chi connectivity index (χ4n) is 2.98. The monoisotopic (exact) mass is 402 g/mol. The van der Waals surface area contributed by atoms with E-state index in [1.54, 1.807) is 24.3 Å². The van der Waals surface area contributed by atoms with Gasteiger partial charge in [0.1, 0.15) is 0 Å². The zero-order valence-electron chi connectivity index (χ0n) is 16.9. The summed E-state index contributed by atoms with van der Waals surface area (Å²) in [6, 6.07) is 15.0. The van der Waals surface area contributed by atoms with Crippen LogP contribution < -0.4 is 5.32 Å². The van der Waals surface area contributed by atoms with Gasteiger partial charge in [0.05, 0.1) is 4.90 Å². The maximum Gasteiger partial charge on any atom is 0.243 e. The Hall–Kier alpha value is -2.18. The molecule has 0 aliphatic heterocycles. The second-order valence-electron chi connectivity index (χ2n) is 6.68. The number of carbonyl (C=O) groups is 1. The third kappa shape index (κ3) is 5.91. The van der Waals surface area contributed by atoms with Crippen molar-refractivity contribution in [3.63, 3.8) is 0 Å². The molecule has 5 nitrogen and oxygen atoms in total. The van der Waals surface area contributed by atoms with Crippen LogP contribution in [0.3, 0.4) is 0 Å². The molecule has 2 aromatic carbocycles. The Kier molecular flexibility index (Phi) is 8.20. The quantitative estimate of drug-likeness (QED) is 0.661. The lowest BCUT2D eigenvalue weighted by Crippen LogP contribution is -2.30. The van der Waals surface area contributed by atoms with Crippen LogP contribution in [0.1, 0.15) is 43.9 Å². The van der Waals surface area contributed by atoms with Crippen molar-refractivity contribution in [1.82, 2.24) is 9.62 Å². The summed E-state index contributed by atoms with van der Waals surface area (Å²) in [5.41, 5.74) is 3.32. The molecule has 0 spiro atoms. The van der Waals surface area contributed by atoms with E-state index < -0.39 is 10.0 Å². The Morgan fingerprint density at radius 3 is 1.93 bits per heavy atom. The van der Waals surface area contributed by atoms with E-state index in [-0.39, 0.29) is 10.8 Å². The number of rotatable bonds is 10. The van der Waals surface area contributed by atoms with Gasteiger partial charge in [-0.3, -0.25) is 4.79 Å². The highest BCUT2D eigenvalue weighted by Crippen LogP contribution is 2.16.